The van der Waals surface area contributed by atoms with Crippen LogP contribution in [-0.2, 0) is 12.0 Å². The van der Waals surface area contributed by atoms with Gasteiger partial charge in [-0.05, 0) is 48.2 Å². The SMILES string of the molecule is C=C(NCCCn1ccnc1)C1=C(C2=CC(N(C)C)C=CC=C2)CC(c2ccc(C(C)(C)C)cc2)=N1. The number of aliphatic imine (C=N–C) groups is 1. The molecule has 2 aromatic rings. The van der Waals surface area contributed by atoms with Gasteiger partial charge in [-0.25, -0.2) is 4.98 Å². The molecule has 1 aromatic heterocycles. The molecule has 2 heterocycles. The van der Waals surface area contributed by atoms with E-state index < -0.39 is 0 Å². The number of hydrogen-bond donors (Lipinski definition) is 1. The molecule has 1 aromatic carbocycles. The van der Waals surface area contributed by atoms with Gasteiger partial charge in [0.05, 0.1) is 23.4 Å². The van der Waals surface area contributed by atoms with E-state index in [-0.39, 0.29) is 11.5 Å². The minimum absolute atomic E-state index is 0.129. The topological polar surface area (TPSA) is 45.5 Å². The average molecular weight is 482 g/mol. The first-order valence-electron chi connectivity index (χ1n) is 12.8. The number of benzene rings is 1. The molecule has 1 aliphatic heterocycles. The van der Waals surface area contributed by atoms with Crippen molar-refractivity contribution >= 4 is 5.71 Å². The highest BCUT2D eigenvalue weighted by Gasteiger charge is 2.24. The summed E-state index contributed by atoms with van der Waals surface area (Å²) in [4.78, 5) is 11.5. The van der Waals surface area contributed by atoms with Gasteiger partial charge in [0.1, 0.15) is 0 Å². The van der Waals surface area contributed by atoms with Crippen molar-refractivity contribution in [3.05, 3.63) is 114 Å². The summed E-state index contributed by atoms with van der Waals surface area (Å²) in [6.45, 7) is 12.9. The number of aromatic nitrogens is 2. The molecule has 0 amide bonds. The zero-order valence-electron chi connectivity index (χ0n) is 22.3. The molecule has 1 atom stereocenters. The summed E-state index contributed by atoms with van der Waals surface area (Å²) in [6.07, 6.45) is 18.4. The number of aryl methyl sites for hydroxylation is 1. The van der Waals surface area contributed by atoms with Crippen molar-refractivity contribution in [2.24, 2.45) is 4.99 Å². The van der Waals surface area contributed by atoms with Crippen molar-refractivity contribution in [1.29, 1.82) is 0 Å². The standard InChI is InChI=1S/C31H39N5/c1-23(33-16-9-18-36-19-17-32-22-36)30-28(25-10-7-8-11-27(20-25)35(5)6)21-29(34-30)24-12-14-26(15-13-24)31(2,3)4/h7-8,10-15,17,19-20,22,27,33H,1,9,16,18,21H2,2-6H3. The van der Waals surface area contributed by atoms with Gasteiger partial charge in [0.15, 0.2) is 0 Å². The lowest BCUT2D eigenvalue weighted by atomic mass is 9.86. The molecule has 1 unspecified atom stereocenters. The van der Waals surface area contributed by atoms with Gasteiger partial charge in [0.2, 0.25) is 0 Å². The minimum atomic E-state index is 0.129. The highest BCUT2D eigenvalue weighted by atomic mass is 15.1. The lowest BCUT2D eigenvalue weighted by Gasteiger charge is -2.19. The summed E-state index contributed by atoms with van der Waals surface area (Å²) in [5, 5.41) is 3.54. The third kappa shape index (κ3) is 6.21. The van der Waals surface area contributed by atoms with E-state index >= 15 is 0 Å². The van der Waals surface area contributed by atoms with Crippen LogP contribution in [0.2, 0.25) is 0 Å². The number of imidazole rings is 1. The molecule has 1 N–H and O–H groups in total. The van der Waals surface area contributed by atoms with Crippen LogP contribution in [0.1, 0.15) is 44.7 Å². The Labute approximate surface area is 216 Å². The van der Waals surface area contributed by atoms with Crippen LogP contribution < -0.4 is 5.32 Å². The molecule has 188 valence electrons. The Bertz CT molecular complexity index is 1210. The van der Waals surface area contributed by atoms with Crippen molar-refractivity contribution in [2.75, 3.05) is 20.6 Å². The van der Waals surface area contributed by atoms with Gasteiger partial charge in [-0.3, -0.25) is 9.89 Å². The predicted octanol–water partition coefficient (Wildman–Crippen LogP) is 5.80. The van der Waals surface area contributed by atoms with E-state index in [1.54, 1.807) is 0 Å². The Morgan fingerprint density at radius 1 is 1.17 bits per heavy atom. The van der Waals surface area contributed by atoms with Crippen molar-refractivity contribution in [1.82, 2.24) is 19.8 Å². The summed E-state index contributed by atoms with van der Waals surface area (Å²) in [7, 11) is 4.22. The highest BCUT2D eigenvalue weighted by molar-refractivity contribution is 6.05. The van der Waals surface area contributed by atoms with E-state index in [9.17, 15) is 0 Å². The van der Waals surface area contributed by atoms with Crippen LogP contribution in [0.15, 0.2) is 107 Å². The van der Waals surface area contributed by atoms with E-state index in [1.165, 1.54) is 22.3 Å². The normalized spacial score (nSPS) is 17.9. The van der Waals surface area contributed by atoms with Crippen LogP contribution in [-0.4, -0.2) is 46.8 Å². The highest BCUT2D eigenvalue weighted by Crippen LogP contribution is 2.34. The first-order valence-corrected chi connectivity index (χ1v) is 12.8. The number of nitrogens with zero attached hydrogens (tertiary/aromatic N) is 4. The summed E-state index contributed by atoms with van der Waals surface area (Å²) >= 11 is 0. The predicted molar refractivity (Wildman–Crippen MR) is 151 cm³/mol. The molecule has 2 aliphatic rings. The molecule has 4 rings (SSSR count). The third-order valence-electron chi connectivity index (χ3n) is 6.73. The fourth-order valence-electron chi connectivity index (χ4n) is 4.47. The van der Waals surface area contributed by atoms with Gasteiger partial charge >= 0.3 is 0 Å². The van der Waals surface area contributed by atoms with Crippen molar-refractivity contribution in [2.45, 2.75) is 51.6 Å². The van der Waals surface area contributed by atoms with Crippen LogP contribution in [0.4, 0.5) is 0 Å². The van der Waals surface area contributed by atoms with Gasteiger partial charge in [-0.1, -0.05) is 82.0 Å². The molecule has 0 saturated carbocycles. The quantitative estimate of drug-likeness (QED) is 0.460. The Morgan fingerprint density at radius 3 is 2.61 bits per heavy atom. The first-order chi connectivity index (χ1) is 17.2. The number of likely N-dealkylation sites (N-methyl/N-ethyl adjacent to an activating group) is 1. The summed E-state index contributed by atoms with van der Waals surface area (Å²) in [5.41, 5.74) is 8.00. The average Bonchev–Trinajstić information content (AvgIpc) is 3.46. The zero-order valence-corrected chi connectivity index (χ0v) is 22.3. The van der Waals surface area contributed by atoms with Gasteiger partial charge in [-0.2, -0.15) is 0 Å². The van der Waals surface area contributed by atoms with Crippen molar-refractivity contribution in [3.8, 4) is 0 Å². The maximum atomic E-state index is 5.15. The second kappa shape index (κ2) is 11.1. The fraction of sp³-hybridized carbons (Fsp3) is 0.355. The second-order valence-electron chi connectivity index (χ2n) is 10.8. The molecular formula is C31H39N5. The molecule has 0 spiro atoms. The molecule has 0 radical (unpaired) electrons. The van der Waals surface area contributed by atoms with E-state index in [0.29, 0.717) is 0 Å². The van der Waals surface area contributed by atoms with Crippen LogP contribution in [0, 0.1) is 0 Å². The maximum Gasteiger partial charge on any atom is 0.0945 e. The van der Waals surface area contributed by atoms with Crippen molar-refractivity contribution in [3.63, 3.8) is 0 Å². The number of rotatable bonds is 9. The number of allylic oxidation sites excluding steroid dienone is 5. The van der Waals surface area contributed by atoms with E-state index in [1.807, 2.05) is 18.7 Å². The molecule has 0 fully saturated rings. The summed E-state index contributed by atoms with van der Waals surface area (Å²) < 4.78 is 2.09. The Hall–Kier alpha value is -3.44. The lowest BCUT2D eigenvalue weighted by molar-refractivity contribution is 0.391. The fourth-order valence-corrected chi connectivity index (χ4v) is 4.47. The largest absolute Gasteiger partial charge is 0.384 e. The molecule has 1 aliphatic carbocycles. The maximum absolute atomic E-state index is 5.15. The smallest absolute Gasteiger partial charge is 0.0945 e. The summed E-state index contributed by atoms with van der Waals surface area (Å²) in [5.74, 6) is 0. The Kier molecular flexibility index (Phi) is 7.90. The van der Waals surface area contributed by atoms with Crippen molar-refractivity contribution < 1.29 is 0 Å². The van der Waals surface area contributed by atoms with E-state index in [2.05, 4.69) is 116 Å². The van der Waals surface area contributed by atoms with Gasteiger partial charge in [0, 0.05) is 37.9 Å². The van der Waals surface area contributed by atoms with Crippen LogP contribution in [0.25, 0.3) is 0 Å². The molecular weight excluding hydrogens is 442 g/mol. The van der Waals surface area contributed by atoms with Gasteiger partial charge in [-0.15, -0.1) is 0 Å². The first kappa shape index (κ1) is 25.6. The molecule has 5 heteroatoms. The van der Waals surface area contributed by atoms with E-state index in [4.69, 9.17) is 4.99 Å². The Morgan fingerprint density at radius 2 is 1.94 bits per heavy atom. The molecule has 5 nitrogen and oxygen atoms in total. The third-order valence-corrected chi connectivity index (χ3v) is 6.73. The van der Waals surface area contributed by atoms with Gasteiger partial charge < -0.3 is 9.88 Å². The number of hydrogen-bond acceptors (Lipinski definition) is 4. The monoisotopic (exact) mass is 481 g/mol. The minimum Gasteiger partial charge on any atom is -0.384 e. The van der Waals surface area contributed by atoms with Gasteiger partial charge in [0.25, 0.3) is 0 Å². The summed E-state index contributed by atoms with van der Waals surface area (Å²) in [6, 6.07) is 9.12. The molecule has 36 heavy (non-hydrogen) atoms. The second-order valence-corrected chi connectivity index (χ2v) is 10.8. The number of nitrogens with one attached hydrogen (secondary N) is 1. The molecule has 0 bridgehead atoms. The van der Waals surface area contributed by atoms with Crippen LogP contribution in [0.3, 0.4) is 0 Å². The van der Waals surface area contributed by atoms with Crippen LogP contribution >= 0.6 is 0 Å². The Balaban J connectivity index is 1.58. The zero-order chi connectivity index (χ0) is 25.7. The molecule has 0 saturated heterocycles. The van der Waals surface area contributed by atoms with E-state index in [0.717, 1.165) is 43.0 Å². The van der Waals surface area contributed by atoms with Crippen LogP contribution in [0.5, 0.6) is 0 Å². The lowest BCUT2D eigenvalue weighted by Crippen LogP contribution is -2.24.